The van der Waals surface area contributed by atoms with Gasteiger partial charge in [0.25, 0.3) is 0 Å². The maximum atomic E-state index is 11.2. The molecule has 4 nitrogen and oxygen atoms in total. The molecule has 0 aromatic carbocycles. The molecule has 0 aliphatic rings. The Hall–Kier alpha value is -0.460. The SMILES string of the molecule is C[N-]S(=O)(=O)c1sc(C)nc1C. The fourth-order valence-corrected chi connectivity index (χ4v) is 3.07. The summed E-state index contributed by atoms with van der Waals surface area (Å²) in [5, 5.41) is 0.745. The lowest BCUT2D eigenvalue weighted by Gasteiger charge is -2.10. The second kappa shape index (κ2) is 3.12. The van der Waals surface area contributed by atoms with E-state index in [9.17, 15) is 8.42 Å². The average molecular weight is 205 g/mol. The average Bonchev–Trinajstić information content (AvgIpc) is 2.31. The van der Waals surface area contributed by atoms with Gasteiger partial charge in [0.2, 0.25) is 0 Å². The third-order valence-electron chi connectivity index (χ3n) is 1.34. The summed E-state index contributed by atoms with van der Waals surface area (Å²) < 4.78 is 26.0. The maximum Gasteiger partial charge on any atom is 0.124 e. The lowest BCUT2D eigenvalue weighted by Crippen LogP contribution is -1.96. The van der Waals surface area contributed by atoms with Crippen LogP contribution in [0.2, 0.25) is 0 Å². The van der Waals surface area contributed by atoms with Gasteiger partial charge in [-0.1, -0.05) is 0 Å². The van der Waals surface area contributed by atoms with Crippen LogP contribution in [0.3, 0.4) is 0 Å². The number of hydrogen-bond donors (Lipinski definition) is 0. The summed E-state index contributed by atoms with van der Waals surface area (Å²) in [5.74, 6) is 0. The molecule has 12 heavy (non-hydrogen) atoms. The van der Waals surface area contributed by atoms with Crippen molar-refractivity contribution in [2.45, 2.75) is 18.1 Å². The van der Waals surface area contributed by atoms with E-state index in [1.807, 2.05) is 0 Å². The minimum absolute atomic E-state index is 0.252. The highest BCUT2D eigenvalue weighted by Gasteiger charge is 2.11. The summed E-state index contributed by atoms with van der Waals surface area (Å²) >= 11 is 1.15. The van der Waals surface area contributed by atoms with Crippen molar-refractivity contribution in [3.63, 3.8) is 0 Å². The monoisotopic (exact) mass is 205 g/mol. The summed E-state index contributed by atoms with van der Waals surface area (Å²) in [4.78, 5) is 4.00. The number of nitrogens with zero attached hydrogens (tertiary/aromatic N) is 2. The predicted octanol–water partition coefficient (Wildman–Crippen LogP) is 1.45. The molecular formula is C6H9N2O2S2-. The van der Waals surface area contributed by atoms with E-state index >= 15 is 0 Å². The van der Waals surface area contributed by atoms with Gasteiger partial charge in [-0.05, 0) is 13.8 Å². The van der Waals surface area contributed by atoms with Crippen LogP contribution in [0.5, 0.6) is 0 Å². The van der Waals surface area contributed by atoms with Crippen molar-refractivity contribution >= 4 is 21.4 Å². The summed E-state index contributed by atoms with van der Waals surface area (Å²) in [6.45, 7) is 3.44. The molecule has 0 radical (unpaired) electrons. The largest absolute Gasteiger partial charge is 0.547 e. The summed E-state index contributed by atoms with van der Waals surface area (Å²) in [6.07, 6.45) is 0. The first-order valence-electron chi connectivity index (χ1n) is 3.27. The van der Waals surface area contributed by atoms with Crippen LogP contribution in [0, 0.1) is 13.8 Å². The van der Waals surface area contributed by atoms with Crippen LogP contribution in [-0.4, -0.2) is 20.4 Å². The standard InChI is InChI=1S/C6H9N2O2S2/c1-4-6(11-5(2)8-4)12(9,10)7-3/h1-3H3/q-1. The van der Waals surface area contributed by atoms with E-state index in [0.29, 0.717) is 5.69 Å². The van der Waals surface area contributed by atoms with Crippen molar-refractivity contribution in [2.75, 3.05) is 7.05 Å². The Bertz CT molecular complexity index is 380. The minimum Gasteiger partial charge on any atom is -0.547 e. The van der Waals surface area contributed by atoms with Crippen molar-refractivity contribution < 1.29 is 8.42 Å². The van der Waals surface area contributed by atoms with Crippen LogP contribution in [-0.2, 0) is 10.0 Å². The van der Waals surface area contributed by atoms with Gasteiger partial charge in [0, 0.05) is 0 Å². The van der Waals surface area contributed by atoms with Crippen molar-refractivity contribution in [3.05, 3.63) is 15.4 Å². The zero-order valence-corrected chi connectivity index (χ0v) is 8.66. The fraction of sp³-hybridized carbons (Fsp3) is 0.500. The third-order valence-corrected chi connectivity index (χ3v) is 4.33. The van der Waals surface area contributed by atoms with Crippen LogP contribution in [0.25, 0.3) is 4.72 Å². The molecule has 0 fully saturated rings. The summed E-state index contributed by atoms with van der Waals surface area (Å²) in [6, 6.07) is 0. The van der Waals surface area contributed by atoms with E-state index in [1.54, 1.807) is 13.8 Å². The van der Waals surface area contributed by atoms with Gasteiger partial charge < -0.3 is 4.72 Å². The highest BCUT2D eigenvalue weighted by atomic mass is 32.2. The molecule has 0 spiro atoms. The molecule has 0 atom stereocenters. The van der Waals surface area contributed by atoms with Gasteiger partial charge in [-0.25, -0.2) is 13.4 Å². The van der Waals surface area contributed by atoms with E-state index in [4.69, 9.17) is 0 Å². The second-order valence-corrected chi connectivity index (χ2v) is 5.45. The molecule has 0 aliphatic heterocycles. The summed E-state index contributed by atoms with van der Waals surface area (Å²) in [7, 11) is -2.16. The van der Waals surface area contributed by atoms with E-state index in [0.717, 1.165) is 16.3 Å². The first-order valence-corrected chi connectivity index (χ1v) is 5.53. The van der Waals surface area contributed by atoms with Crippen molar-refractivity contribution in [1.29, 1.82) is 0 Å². The van der Waals surface area contributed by atoms with Gasteiger partial charge in [0.15, 0.2) is 0 Å². The maximum absolute atomic E-state index is 11.2. The lowest BCUT2D eigenvalue weighted by atomic mass is 10.6. The number of thiazole rings is 1. The zero-order chi connectivity index (χ0) is 9.35. The number of aromatic nitrogens is 1. The molecule has 68 valence electrons. The number of rotatable bonds is 2. The molecule has 0 aliphatic carbocycles. The van der Waals surface area contributed by atoms with Crippen LogP contribution < -0.4 is 0 Å². The highest BCUT2D eigenvalue weighted by Crippen LogP contribution is 2.25. The third kappa shape index (κ3) is 1.65. The molecule has 0 N–H and O–H groups in total. The van der Waals surface area contributed by atoms with Gasteiger partial charge in [0.05, 0.1) is 10.7 Å². The Labute approximate surface area is 75.7 Å². The van der Waals surface area contributed by atoms with Gasteiger partial charge in [0.1, 0.15) is 14.2 Å². The molecule has 1 heterocycles. The van der Waals surface area contributed by atoms with Crippen LogP contribution >= 0.6 is 11.3 Å². The van der Waals surface area contributed by atoms with Crippen molar-refractivity contribution in [3.8, 4) is 0 Å². The summed E-state index contributed by atoms with van der Waals surface area (Å²) in [5.41, 5.74) is 0.531. The van der Waals surface area contributed by atoms with Crippen LogP contribution in [0.4, 0.5) is 0 Å². The Morgan fingerprint density at radius 1 is 1.42 bits per heavy atom. The lowest BCUT2D eigenvalue weighted by molar-refractivity contribution is 0.604. The first kappa shape index (κ1) is 9.63. The smallest absolute Gasteiger partial charge is 0.124 e. The topological polar surface area (TPSA) is 61.1 Å². The van der Waals surface area contributed by atoms with E-state index in [-0.39, 0.29) is 4.21 Å². The Balaban J connectivity index is 3.29. The molecule has 1 rings (SSSR count). The quantitative estimate of drug-likeness (QED) is 0.734. The van der Waals surface area contributed by atoms with Crippen molar-refractivity contribution in [2.24, 2.45) is 0 Å². The molecule has 1 aromatic rings. The normalized spacial score (nSPS) is 11.9. The van der Waals surface area contributed by atoms with E-state index in [2.05, 4.69) is 9.71 Å². The van der Waals surface area contributed by atoms with Crippen LogP contribution in [0.15, 0.2) is 4.21 Å². The molecule has 0 amide bonds. The highest BCUT2D eigenvalue weighted by molar-refractivity contribution is 7.95. The molecule has 6 heteroatoms. The van der Waals surface area contributed by atoms with Gasteiger partial charge in [-0.15, -0.1) is 11.3 Å². The van der Waals surface area contributed by atoms with Gasteiger partial charge in [-0.3, -0.25) is 0 Å². The number of sulfonamides is 1. The molecule has 0 unspecified atom stereocenters. The number of aryl methyl sites for hydroxylation is 2. The Morgan fingerprint density at radius 2 is 2.00 bits per heavy atom. The molecule has 0 saturated heterocycles. The fourth-order valence-electron chi connectivity index (χ4n) is 0.835. The molecule has 1 aromatic heterocycles. The van der Waals surface area contributed by atoms with Crippen LogP contribution in [0.1, 0.15) is 10.7 Å². The second-order valence-electron chi connectivity index (χ2n) is 2.26. The Morgan fingerprint density at radius 3 is 2.33 bits per heavy atom. The van der Waals surface area contributed by atoms with Gasteiger partial charge >= 0.3 is 0 Å². The van der Waals surface area contributed by atoms with Gasteiger partial charge in [-0.2, -0.15) is 7.05 Å². The Kier molecular flexibility index (Phi) is 2.50. The molecule has 0 saturated carbocycles. The predicted molar refractivity (Wildman–Crippen MR) is 48.1 cm³/mol. The minimum atomic E-state index is -3.43. The van der Waals surface area contributed by atoms with E-state index in [1.165, 1.54) is 7.05 Å². The molecule has 0 bridgehead atoms. The number of hydrogen-bond acceptors (Lipinski definition) is 4. The first-order chi connectivity index (χ1) is 5.47. The zero-order valence-electron chi connectivity index (χ0n) is 7.03. The van der Waals surface area contributed by atoms with E-state index < -0.39 is 10.0 Å². The molecular weight excluding hydrogens is 196 g/mol. The van der Waals surface area contributed by atoms with Crippen molar-refractivity contribution in [1.82, 2.24) is 4.98 Å².